The zero-order valence-corrected chi connectivity index (χ0v) is 17.6. The molecule has 0 radical (unpaired) electrons. The Balaban J connectivity index is 1.28. The van der Waals surface area contributed by atoms with Crippen LogP contribution in [0.1, 0.15) is 24.4 Å². The maximum atomic E-state index is 13.9. The number of carboxylic acid groups (broad SMARTS) is 1. The molecule has 0 unspecified atom stereocenters. The molecule has 1 aliphatic rings. The molecule has 3 heterocycles. The predicted molar refractivity (Wildman–Crippen MR) is 119 cm³/mol. The van der Waals surface area contributed by atoms with E-state index in [1.54, 1.807) is 18.5 Å². The molecular weight excluding hydrogens is 428 g/mol. The van der Waals surface area contributed by atoms with Crippen molar-refractivity contribution in [2.45, 2.75) is 24.8 Å². The first-order valence-corrected chi connectivity index (χ1v) is 10.6. The van der Waals surface area contributed by atoms with Gasteiger partial charge in [0.05, 0.1) is 35.2 Å². The summed E-state index contributed by atoms with van der Waals surface area (Å²) in [4.78, 5) is 22.0. The number of benzene rings is 2. The number of carbonyl (C=O) groups is 1. The molecule has 7 nitrogen and oxygen atoms in total. The molecular formula is C24H21F2N5O2. The molecule has 1 N–H and O–H groups in total. The first-order chi connectivity index (χ1) is 15.9. The second-order valence-corrected chi connectivity index (χ2v) is 8.10. The lowest BCUT2D eigenvalue weighted by Gasteiger charge is -2.34. The van der Waals surface area contributed by atoms with Crippen molar-refractivity contribution in [3.8, 4) is 11.3 Å². The van der Waals surface area contributed by atoms with Crippen LogP contribution in [0.15, 0.2) is 67.1 Å². The summed E-state index contributed by atoms with van der Waals surface area (Å²) in [5, 5.41) is 13.3. The number of rotatable bonds is 5. The van der Waals surface area contributed by atoms with Gasteiger partial charge in [-0.3, -0.25) is 9.67 Å². The first kappa shape index (κ1) is 21.0. The lowest BCUT2D eigenvalue weighted by Crippen LogP contribution is -2.35. The van der Waals surface area contributed by atoms with Gasteiger partial charge in [-0.2, -0.15) is 13.9 Å². The Morgan fingerprint density at radius 1 is 1.03 bits per heavy atom. The monoisotopic (exact) mass is 449 g/mol. The van der Waals surface area contributed by atoms with E-state index in [1.807, 2.05) is 40.0 Å². The zero-order chi connectivity index (χ0) is 23.0. The van der Waals surface area contributed by atoms with Crippen molar-refractivity contribution in [3.05, 3.63) is 72.7 Å². The summed E-state index contributed by atoms with van der Waals surface area (Å²) in [6.07, 6.45) is 7.05. The topological polar surface area (TPSA) is 84.1 Å². The molecule has 0 aliphatic carbocycles. The van der Waals surface area contributed by atoms with Crippen molar-refractivity contribution in [3.63, 3.8) is 0 Å². The number of fused-ring (bicyclic) bond motifs is 1. The quantitative estimate of drug-likeness (QED) is 0.483. The summed E-state index contributed by atoms with van der Waals surface area (Å²) in [6.45, 7) is 1.30. The molecule has 0 atom stereocenters. The van der Waals surface area contributed by atoms with E-state index < -0.39 is 17.5 Å². The highest BCUT2D eigenvalue weighted by atomic mass is 19.3. The van der Waals surface area contributed by atoms with Crippen LogP contribution in [0.2, 0.25) is 0 Å². The second kappa shape index (κ2) is 8.23. The molecule has 2 aromatic heterocycles. The Hall–Kier alpha value is -3.88. The van der Waals surface area contributed by atoms with Crippen molar-refractivity contribution in [2.24, 2.45) is 0 Å². The van der Waals surface area contributed by atoms with Crippen LogP contribution in [0, 0.1) is 0 Å². The molecule has 1 fully saturated rings. The van der Waals surface area contributed by atoms with Gasteiger partial charge < -0.3 is 10.0 Å². The van der Waals surface area contributed by atoms with E-state index >= 15 is 0 Å². The van der Waals surface area contributed by atoms with Crippen LogP contribution in [-0.2, 0) is 10.7 Å². The number of alkyl halides is 2. The molecule has 0 spiro atoms. The molecule has 1 saturated heterocycles. The van der Waals surface area contributed by atoms with Crippen molar-refractivity contribution in [1.29, 1.82) is 0 Å². The molecule has 0 bridgehead atoms. The Labute approximate surface area is 188 Å². The average Bonchev–Trinajstić information content (AvgIpc) is 3.34. The first-order valence-electron chi connectivity index (χ1n) is 10.6. The number of carboxylic acids is 1. The summed E-state index contributed by atoms with van der Waals surface area (Å²) in [6, 6.07) is 13.5. The second-order valence-electron chi connectivity index (χ2n) is 8.10. The molecule has 4 aromatic rings. The number of hydrogen-bond donors (Lipinski definition) is 1. The van der Waals surface area contributed by atoms with Crippen molar-refractivity contribution < 1.29 is 18.7 Å². The highest BCUT2D eigenvalue weighted by Gasteiger charge is 2.41. The van der Waals surface area contributed by atoms with Gasteiger partial charge in [0.1, 0.15) is 0 Å². The Morgan fingerprint density at radius 2 is 1.79 bits per heavy atom. The standard InChI is InChI=1S/C24H21F2N5O2/c25-24(26,23(32)33)17-4-3-5-19(12-17)30-10-8-18(9-11-30)31-15-16(13-28-31)22-14-27-20-6-1-2-7-21(20)29-22/h1-7,12-15,18H,8-11H2,(H,32,33). The Kier molecular flexibility index (Phi) is 5.24. The number of aliphatic carboxylic acids is 1. The number of piperidine rings is 1. The minimum absolute atomic E-state index is 0.173. The lowest BCUT2D eigenvalue weighted by atomic mass is 10.0. The number of para-hydroxylation sites is 2. The fraction of sp³-hybridized carbons (Fsp3) is 0.250. The molecule has 9 heteroatoms. The molecule has 1 aliphatic heterocycles. The smallest absolute Gasteiger partial charge is 0.379 e. The molecule has 2 aromatic carbocycles. The molecule has 0 saturated carbocycles. The third kappa shape index (κ3) is 4.02. The fourth-order valence-corrected chi connectivity index (χ4v) is 4.18. The molecule has 0 amide bonds. The van der Waals surface area contributed by atoms with E-state index in [0.717, 1.165) is 41.2 Å². The van der Waals surface area contributed by atoms with Crippen LogP contribution >= 0.6 is 0 Å². The zero-order valence-electron chi connectivity index (χ0n) is 17.6. The van der Waals surface area contributed by atoms with Crippen LogP contribution in [-0.4, -0.2) is 43.9 Å². The van der Waals surface area contributed by atoms with Crippen molar-refractivity contribution in [2.75, 3.05) is 18.0 Å². The molecule has 33 heavy (non-hydrogen) atoms. The third-order valence-corrected chi connectivity index (χ3v) is 6.03. The van der Waals surface area contributed by atoms with E-state index in [-0.39, 0.29) is 6.04 Å². The molecule has 5 rings (SSSR count). The van der Waals surface area contributed by atoms with Gasteiger partial charge in [-0.25, -0.2) is 9.78 Å². The number of hydrogen-bond acceptors (Lipinski definition) is 5. The SMILES string of the molecule is O=C(O)C(F)(F)c1cccc(N2CCC(n3cc(-c4cnc5ccccc5n4)cn3)CC2)c1. The summed E-state index contributed by atoms with van der Waals surface area (Å²) >= 11 is 0. The maximum absolute atomic E-state index is 13.9. The summed E-state index contributed by atoms with van der Waals surface area (Å²) in [5.41, 5.74) is 3.40. The van der Waals surface area contributed by atoms with E-state index in [1.165, 1.54) is 12.1 Å². The number of anilines is 1. The highest BCUT2D eigenvalue weighted by Crippen LogP contribution is 2.33. The predicted octanol–water partition coefficient (Wildman–Crippen LogP) is 4.51. The normalized spacial score (nSPS) is 15.2. The number of aromatic nitrogens is 4. The van der Waals surface area contributed by atoms with Gasteiger partial charge in [0.15, 0.2) is 0 Å². The van der Waals surface area contributed by atoms with Crippen molar-refractivity contribution >= 4 is 22.7 Å². The van der Waals surface area contributed by atoms with Crippen LogP contribution < -0.4 is 4.90 Å². The van der Waals surface area contributed by atoms with Crippen LogP contribution in [0.5, 0.6) is 0 Å². The van der Waals surface area contributed by atoms with Gasteiger partial charge in [0.2, 0.25) is 0 Å². The van der Waals surface area contributed by atoms with Crippen LogP contribution in [0.4, 0.5) is 14.5 Å². The van der Waals surface area contributed by atoms with Crippen LogP contribution in [0.25, 0.3) is 22.3 Å². The van der Waals surface area contributed by atoms with Gasteiger partial charge in [0, 0.05) is 36.1 Å². The largest absolute Gasteiger partial charge is 0.477 e. The van der Waals surface area contributed by atoms with E-state index in [0.29, 0.717) is 18.8 Å². The maximum Gasteiger partial charge on any atom is 0.379 e. The van der Waals surface area contributed by atoms with Gasteiger partial charge in [0.25, 0.3) is 0 Å². The lowest BCUT2D eigenvalue weighted by molar-refractivity contribution is -0.166. The molecule has 168 valence electrons. The fourth-order valence-electron chi connectivity index (χ4n) is 4.18. The van der Waals surface area contributed by atoms with Gasteiger partial charge in [-0.05, 0) is 37.1 Å². The number of nitrogens with zero attached hydrogens (tertiary/aromatic N) is 5. The van der Waals surface area contributed by atoms with Gasteiger partial charge in [-0.1, -0.05) is 24.3 Å². The minimum Gasteiger partial charge on any atom is -0.477 e. The Bertz CT molecular complexity index is 1310. The average molecular weight is 449 g/mol. The van der Waals surface area contributed by atoms with Crippen LogP contribution in [0.3, 0.4) is 0 Å². The van der Waals surface area contributed by atoms with Gasteiger partial charge >= 0.3 is 11.9 Å². The van der Waals surface area contributed by atoms with E-state index in [4.69, 9.17) is 5.11 Å². The third-order valence-electron chi connectivity index (χ3n) is 6.03. The summed E-state index contributed by atoms with van der Waals surface area (Å²) in [7, 11) is 0. The summed E-state index contributed by atoms with van der Waals surface area (Å²) in [5.74, 6) is -6.06. The van der Waals surface area contributed by atoms with Crippen molar-refractivity contribution in [1.82, 2.24) is 19.7 Å². The summed E-state index contributed by atoms with van der Waals surface area (Å²) < 4.78 is 29.7. The van der Waals surface area contributed by atoms with Gasteiger partial charge in [-0.15, -0.1) is 0 Å². The van der Waals surface area contributed by atoms with E-state index in [9.17, 15) is 13.6 Å². The van der Waals surface area contributed by atoms with E-state index in [2.05, 4.69) is 15.1 Å². The Morgan fingerprint density at radius 3 is 2.55 bits per heavy atom. The number of halogens is 2. The highest BCUT2D eigenvalue weighted by molar-refractivity contribution is 5.78. The minimum atomic E-state index is -3.91.